The Morgan fingerprint density at radius 3 is 2.91 bits per heavy atom. The zero-order valence-electron chi connectivity index (χ0n) is 12.6. The lowest BCUT2D eigenvalue weighted by molar-refractivity contribution is -0.119. The van der Waals surface area contributed by atoms with Gasteiger partial charge in [0, 0.05) is 17.2 Å². The summed E-state index contributed by atoms with van der Waals surface area (Å²) < 4.78 is 1.64. The fourth-order valence-electron chi connectivity index (χ4n) is 3.07. The van der Waals surface area contributed by atoms with Gasteiger partial charge in [0.25, 0.3) is 0 Å². The number of hydrogen-bond acceptors (Lipinski definition) is 4. The summed E-state index contributed by atoms with van der Waals surface area (Å²) in [5.74, 6) is 0.284. The average Bonchev–Trinajstić information content (AvgIpc) is 3.26. The molecule has 1 aliphatic rings. The van der Waals surface area contributed by atoms with Crippen LogP contribution in [0.4, 0.5) is 5.69 Å². The van der Waals surface area contributed by atoms with E-state index >= 15 is 0 Å². The van der Waals surface area contributed by atoms with Crippen LogP contribution < -0.4 is 5.32 Å². The Kier molecular flexibility index (Phi) is 3.49. The van der Waals surface area contributed by atoms with Gasteiger partial charge in [-0.2, -0.15) is 9.61 Å². The second kappa shape index (κ2) is 5.79. The van der Waals surface area contributed by atoms with Gasteiger partial charge in [-0.15, -0.1) is 10.2 Å². The quantitative estimate of drug-likeness (QED) is 0.807. The van der Waals surface area contributed by atoms with Gasteiger partial charge in [-0.3, -0.25) is 4.79 Å². The minimum atomic E-state index is 0.127. The van der Waals surface area contributed by atoms with E-state index in [1.807, 2.05) is 36.4 Å². The molecule has 1 N–H and O–H groups in total. The van der Waals surface area contributed by atoms with Gasteiger partial charge >= 0.3 is 0 Å². The highest BCUT2D eigenvalue weighted by Gasteiger charge is 2.22. The number of hydrogen-bond donors (Lipinski definition) is 1. The molecule has 23 heavy (non-hydrogen) atoms. The van der Waals surface area contributed by atoms with Crippen LogP contribution in [0.15, 0.2) is 42.7 Å². The molecule has 0 aliphatic heterocycles. The van der Waals surface area contributed by atoms with Crippen molar-refractivity contribution < 1.29 is 4.79 Å². The van der Waals surface area contributed by atoms with Gasteiger partial charge < -0.3 is 5.32 Å². The van der Waals surface area contributed by atoms with Crippen LogP contribution in [0.3, 0.4) is 0 Å². The van der Waals surface area contributed by atoms with Crippen molar-refractivity contribution >= 4 is 17.2 Å². The number of fused-ring (bicyclic) bond motifs is 1. The molecule has 1 fully saturated rings. The highest BCUT2D eigenvalue weighted by molar-refractivity contribution is 5.93. The van der Waals surface area contributed by atoms with Crippen molar-refractivity contribution in [3.8, 4) is 11.3 Å². The summed E-state index contributed by atoms with van der Waals surface area (Å²) in [7, 11) is 0. The maximum absolute atomic E-state index is 12.3. The number of amides is 1. The molecule has 0 radical (unpaired) electrons. The fraction of sp³-hybridized carbons (Fsp3) is 0.294. The Morgan fingerprint density at radius 1 is 1.17 bits per heavy atom. The van der Waals surface area contributed by atoms with E-state index in [0.717, 1.165) is 42.6 Å². The van der Waals surface area contributed by atoms with E-state index in [1.54, 1.807) is 10.8 Å². The van der Waals surface area contributed by atoms with Crippen molar-refractivity contribution in [3.05, 3.63) is 42.7 Å². The van der Waals surface area contributed by atoms with Gasteiger partial charge in [0.1, 0.15) is 6.33 Å². The number of nitrogens with zero attached hydrogens (tertiary/aromatic N) is 4. The van der Waals surface area contributed by atoms with Crippen molar-refractivity contribution in [2.75, 3.05) is 5.32 Å². The SMILES string of the molecule is O=C(Nc1cccc(-c2ccc3nncn3n2)c1)C1CCCC1. The molecule has 1 aromatic carbocycles. The van der Waals surface area contributed by atoms with Crippen molar-refractivity contribution in [1.29, 1.82) is 0 Å². The third-order valence-electron chi connectivity index (χ3n) is 4.31. The number of anilines is 1. The van der Waals surface area contributed by atoms with Crippen LogP contribution >= 0.6 is 0 Å². The van der Waals surface area contributed by atoms with Gasteiger partial charge in [-0.05, 0) is 37.1 Å². The summed E-state index contributed by atoms with van der Waals surface area (Å²) in [5, 5.41) is 15.3. The van der Waals surface area contributed by atoms with Crippen LogP contribution in [0.2, 0.25) is 0 Å². The number of carbonyl (C=O) groups is 1. The highest BCUT2D eigenvalue weighted by Crippen LogP contribution is 2.27. The minimum absolute atomic E-state index is 0.127. The Balaban J connectivity index is 1.58. The molecule has 0 saturated heterocycles. The highest BCUT2D eigenvalue weighted by atomic mass is 16.1. The van der Waals surface area contributed by atoms with Crippen LogP contribution in [0, 0.1) is 5.92 Å². The Hall–Kier alpha value is -2.76. The molecule has 0 bridgehead atoms. The van der Waals surface area contributed by atoms with E-state index in [1.165, 1.54) is 0 Å². The van der Waals surface area contributed by atoms with Crippen LogP contribution in [0.1, 0.15) is 25.7 Å². The van der Waals surface area contributed by atoms with Crippen molar-refractivity contribution in [2.45, 2.75) is 25.7 Å². The average molecular weight is 307 g/mol. The van der Waals surface area contributed by atoms with Crippen LogP contribution in [0.5, 0.6) is 0 Å². The summed E-state index contributed by atoms with van der Waals surface area (Å²) in [6, 6.07) is 11.5. The second-order valence-electron chi connectivity index (χ2n) is 5.90. The van der Waals surface area contributed by atoms with Crippen LogP contribution in [0.25, 0.3) is 16.9 Å². The molecule has 0 unspecified atom stereocenters. The lowest BCUT2D eigenvalue weighted by atomic mass is 10.1. The summed E-state index contributed by atoms with van der Waals surface area (Å²) >= 11 is 0. The van der Waals surface area contributed by atoms with E-state index in [0.29, 0.717) is 5.65 Å². The van der Waals surface area contributed by atoms with E-state index in [2.05, 4.69) is 20.6 Å². The van der Waals surface area contributed by atoms with E-state index in [4.69, 9.17) is 0 Å². The standard InChI is InChI=1S/C17H17N5O/c23-17(12-4-1-2-5-12)19-14-7-3-6-13(10-14)15-8-9-16-20-18-11-22(16)21-15/h3,6-12H,1-2,4-5H2,(H,19,23). The maximum Gasteiger partial charge on any atom is 0.227 e. The molecular weight excluding hydrogens is 290 g/mol. The molecule has 0 spiro atoms. The predicted molar refractivity (Wildman–Crippen MR) is 86.8 cm³/mol. The lowest BCUT2D eigenvalue weighted by Crippen LogP contribution is -2.20. The smallest absolute Gasteiger partial charge is 0.227 e. The molecule has 0 atom stereocenters. The summed E-state index contributed by atoms with van der Waals surface area (Å²) in [6.45, 7) is 0. The van der Waals surface area contributed by atoms with Gasteiger partial charge in [-0.1, -0.05) is 25.0 Å². The fourth-order valence-corrected chi connectivity index (χ4v) is 3.07. The zero-order valence-corrected chi connectivity index (χ0v) is 12.6. The molecule has 116 valence electrons. The summed E-state index contributed by atoms with van der Waals surface area (Å²) in [4.78, 5) is 12.3. The van der Waals surface area contributed by atoms with Crippen molar-refractivity contribution in [1.82, 2.24) is 19.8 Å². The van der Waals surface area contributed by atoms with Gasteiger partial charge in [0.15, 0.2) is 5.65 Å². The van der Waals surface area contributed by atoms with E-state index < -0.39 is 0 Å². The first-order chi connectivity index (χ1) is 11.3. The van der Waals surface area contributed by atoms with E-state index in [9.17, 15) is 4.79 Å². The molecule has 6 nitrogen and oxygen atoms in total. The molecule has 6 heteroatoms. The molecule has 2 aromatic heterocycles. The first kappa shape index (κ1) is 13.9. The molecule has 1 aliphatic carbocycles. The number of nitrogens with one attached hydrogen (secondary N) is 1. The number of carbonyl (C=O) groups excluding carboxylic acids is 1. The number of rotatable bonds is 3. The lowest BCUT2D eigenvalue weighted by Gasteiger charge is -2.11. The van der Waals surface area contributed by atoms with Crippen molar-refractivity contribution in [3.63, 3.8) is 0 Å². The number of benzene rings is 1. The van der Waals surface area contributed by atoms with Gasteiger partial charge in [0.05, 0.1) is 5.69 Å². The third-order valence-corrected chi connectivity index (χ3v) is 4.31. The summed E-state index contributed by atoms with van der Waals surface area (Å²) in [5.41, 5.74) is 3.28. The van der Waals surface area contributed by atoms with Gasteiger partial charge in [0.2, 0.25) is 5.91 Å². The molecule has 1 saturated carbocycles. The maximum atomic E-state index is 12.3. The van der Waals surface area contributed by atoms with E-state index in [-0.39, 0.29) is 11.8 Å². The first-order valence-corrected chi connectivity index (χ1v) is 7.88. The van der Waals surface area contributed by atoms with Crippen LogP contribution in [-0.2, 0) is 4.79 Å². The zero-order chi connectivity index (χ0) is 15.6. The first-order valence-electron chi connectivity index (χ1n) is 7.88. The number of aromatic nitrogens is 4. The Morgan fingerprint density at radius 2 is 2.04 bits per heavy atom. The third kappa shape index (κ3) is 2.79. The van der Waals surface area contributed by atoms with Crippen LogP contribution in [-0.4, -0.2) is 25.7 Å². The Bertz CT molecular complexity index is 851. The predicted octanol–water partition coefficient (Wildman–Crippen LogP) is 2.92. The molecule has 1 amide bonds. The monoisotopic (exact) mass is 307 g/mol. The van der Waals surface area contributed by atoms with Gasteiger partial charge in [-0.25, -0.2) is 0 Å². The van der Waals surface area contributed by atoms with Crippen molar-refractivity contribution in [2.24, 2.45) is 5.92 Å². The molecule has 3 aromatic rings. The molecule has 2 heterocycles. The largest absolute Gasteiger partial charge is 0.326 e. The summed E-state index contributed by atoms with van der Waals surface area (Å²) in [6.07, 6.45) is 5.88. The second-order valence-corrected chi connectivity index (χ2v) is 5.90. The normalized spacial score (nSPS) is 15.1. The minimum Gasteiger partial charge on any atom is -0.326 e. The molecular formula is C17H17N5O. The topological polar surface area (TPSA) is 72.2 Å². The Labute approximate surface area is 133 Å². The molecule has 4 rings (SSSR count).